The van der Waals surface area contributed by atoms with Gasteiger partial charge in [0.05, 0.1) is 5.69 Å². The molecule has 2 fully saturated rings. The van der Waals surface area contributed by atoms with E-state index in [0.717, 1.165) is 69.0 Å². The van der Waals surface area contributed by atoms with Gasteiger partial charge in [-0.25, -0.2) is 0 Å². The van der Waals surface area contributed by atoms with Gasteiger partial charge in [0.15, 0.2) is 0 Å². The molecule has 2 saturated heterocycles. The molecule has 1 aromatic carbocycles. The van der Waals surface area contributed by atoms with Gasteiger partial charge in [-0.1, -0.05) is 23.4 Å². The van der Waals surface area contributed by atoms with E-state index in [1.54, 1.807) is 13.3 Å². The Bertz CT molecular complexity index is 948. The molecule has 0 aliphatic carbocycles. The van der Waals surface area contributed by atoms with E-state index in [2.05, 4.69) is 39.0 Å². The number of carbonyl (C=O) groups excluding carboxylic acids is 1. The molecule has 0 bridgehead atoms. The van der Waals surface area contributed by atoms with Gasteiger partial charge in [-0.15, -0.1) is 0 Å². The largest absolute Gasteiger partial charge is 0.399 e. The van der Waals surface area contributed by atoms with Crippen LogP contribution in [0.4, 0.5) is 5.69 Å². The van der Waals surface area contributed by atoms with Crippen molar-refractivity contribution < 1.29 is 9.63 Å². The van der Waals surface area contributed by atoms with Crippen molar-refractivity contribution in [2.75, 3.05) is 39.0 Å². The molecule has 0 saturated carbocycles. The Morgan fingerprint density at radius 1 is 1.06 bits per heavy atom. The maximum Gasteiger partial charge on any atom is 0.225 e. The number of nitrogen functional groups attached to an aromatic ring is 1. The molecular formula is C26H35N5O2. The molecule has 0 spiro atoms. The zero-order valence-electron chi connectivity index (χ0n) is 19.7. The molecule has 2 aromatic rings. The van der Waals surface area contributed by atoms with Crippen LogP contribution >= 0.6 is 0 Å². The summed E-state index contributed by atoms with van der Waals surface area (Å²) >= 11 is 0. The minimum absolute atomic E-state index is 0.119. The molecule has 33 heavy (non-hydrogen) atoms. The zero-order valence-corrected chi connectivity index (χ0v) is 19.7. The molecule has 2 aliphatic rings. The average Bonchev–Trinajstić information content (AvgIpc) is 2.87. The number of amides is 1. The summed E-state index contributed by atoms with van der Waals surface area (Å²) in [6, 6.07) is 14.3. The lowest BCUT2D eigenvalue weighted by atomic mass is 9.88. The second kappa shape index (κ2) is 10.8. The number of likely N-dealkylation sites (tertiary alicyclic amines) is 2. The van der Waals surface area contributed by atoms with E-state index >= 15 is 0 Å². The number of oxime groups is 1. The first-order valence-corrected chi connectivity index (χ1v) is 12.0. The summed E-state index contributed by atoms with van der Waals surface area (Å²) in [5, 5.41) is 4.27. The second-order valence-electron chi connectivity index (χ2n) is 9.13. The van der Waals surface area contributed by atoms with Crippen LogP contribution < -0.4 is 5.73 Å². The van der Waals surface area contributed by atoms with E-state index in [1.807, 2.05) is 30.3 Å². The highest BCUT2D eigenvalue weighted by Gasteiger charge is 2.33. The lowest BCUT2D eigenvalue weighted by Gasteiger charge is -2.39. The fourth-order valence-corrected chi connectivity index (χ4v) is 5.14. The maximum absolute atomic E-state index is 13.2. The van der Waals surface area contributed by atoms with Gasteiger partial charge >= 0.3 is 0 Å². The van der Waals surface area contributed by atoms with Crippen molar-refractivity contribution in [2.45, 2.75) is 38.6 Å². The molecule has 7 heteroatoms. The van der Waals surface area contributed by atoms with Crippen LogP contribution in [0.15, 0.2) is 53.8 Å². The van der Waals surface area contributed by atoms with E-state index < -0.39 is 0 Å². The van der Waals surface area contributed by atoms with Gasteiger partial charge < -0.3 is 15.5 Å². The van der Waals surface area contributed by atoms with Crippen molar-refractivity contribution in [2.24, 2.45) is 17.0 Å². The quantitative estimate of drug-likeness (QED) is 0.413. The van der Waals surface area contributed by atoms with Crippen LogP contribution in [0.25, 0.3) is 0 Å². The topological polar surface area (TPSA) is 84.1 Å². The maximum atomic E-state index is 13.2. The molecular weight excluding hydrogens is 414 g/mol. The van der Waals surface area contributed by atoms with Crippen molar-refractivity contribution >= 4 is 17.3 Å². The molecule has 4 rings (SSSR count). The molecule has 2 aliphatic heterocycles. The Balaban J connectivity index is 1.29. The summed E-state index contributed by atoms with van der Waals surface area (Å²) in [4.78, 5) is 27.3. The highest BCUT2D eigenvalue weighted by Crippen LogP contribution is 2.30. The molecule has 1 aromatic heterocycles. The van der Waals surface area contributed by atoms with Gasteiger partial charge in [0.2, 0.25) is 5.91 Å². The molecule has 7 nitrogen and oxygen atoms in total. The highest BCUT2D eigenvalue weighted by molar-refractivity contribution is 6.00. The number of anilines is 1. The Morgan fingerprint density at radius 3 is 2.42 bits per heavy atom. The fraction of sp³-hybridized carbons (Fsp3) is 0.500. The Morgan fingerprint density at radius 2 is 1.79 bits per heavy atom. The number of piperidine rings is 2. The van der Waals surface area contributed by atoms with E-state index in [9.17, 15) is 4.79 Å². The summed E-state index contributed by atoms with van der Waals surface area (Å²) in [5.74, 6) is 0.687. The first-order valence-electron chi connectivity index (χ1n) is 12.0. The van der Waals surface area contributed by atoms with Crippen LogP contribution in [-0.4, -0.2) is 59.7 Å². The van der Waals surface area contributed by atoms with Crippen LogP contribution in [-0.2, 0) is 9.63 Å². The van der Waals surface area contributed by atoms with Gasteiger partial charge in [0.1, 0.15) is 12.8 Å². The number of nitrogens with two attached hydrogens (primary N) is 1. The van der Waals surface area contributed by atoms with Crippen LogP contribution in [0.5, 0.6) is 0 Å². The van der Waals surface area contributed by atoms with Gasteiger partial charge in [-0.05, 0) is 75.5 Å². The standard InChI is InChI=1S/C26H35N5O2/c1-19(22-6-5-7-23(27)18-22)30-14-11-21(12-15-30)26(32)31-16-9-20(10-17-31)25(29-33-2)24-8-3-4-13-28-24/h3-8,13,18-21H,9-12,14-17,27H2,1-2H3/b29-25-/t19-/m1/s1. The Hall–Kier alpha value is -2.93. The van der Waals surface area contributed by atoms with Crippen LogP contribution in [0.3, 0.4) is 0 Å². The number of benzene rings is 1. The molecule has 0 unspecified atom stereocenters. The minimum Gasteiger partial charge on any atom is -0.399 e. The molecule has 2 N–H and O–H groups in total. The highest BCUT2D eigenvalue weighted by atomic mass is 16.6. The third-order valence-corrected chi connectivity index (χ3v) is 7.13. The minimum atomic E-state index is 0.119. The van der Waals surface area contributed by atoms with E-state index in [-0.39, 0.29) is 11.8 Å². The number of aromatic nitrogens is 1. The number of rotatable bonds is 6. The molecule has 176 valence electrons. The van der Waals surface area contributed by atoms with Crippen molar-refractivity contribution in [3.63, 3.8) is 0 Å². The monoisotopic (exact) mass is 449 g/mol. The third kappa shape index (κ3) is 5.53. The van der Waals surface area contributed by atoms with E-state index in [4.69, 9.17) is 10.6 Å². The van der Waals surface area contributed by atoms with Crippen molar-refractivity contribution in [3.05, 3.63) is 59.9 Å². The fourth-order valence-electron chi connectivity index (χ4n) is 5.14. The summed E-state index contributed by atoms with van der Waals surface area (Å²) in [5.41, 5.74) is 9.74. The number of nitrogens with zero attached hydrogens (tertiary/aromatic N) is 4. The van der Waals surface area contributed by atoms with Gasteiger partial charge in [-0.3, -0.25) is 14.7 Å². The zero-order chi connectivity index (χ0) is 23.2. The number of carbonyl (C=O) groups is 1. The molecule has 1 atom stereocenters. The Labute approximate surface area is 196 Å². The van der Waals surface area contributed by atoms with E-state index in [0.29, 0.717) is 11.9 Å². The smallest absolute Gasteiger partial charge is 0.225 e. The average molecular weight is 450 g/mol. The summed E-state index contributed by atoms with van der Waals surface area (Å²) in [6.07, 6.45) is 5.37. The number of hydrogen-bond acceptors (Lipinski definition) is 6. The number of pyridine rings is 1. The van der Waals surface area contributed by atoms with Crippen molar-refractivity contribution in [1.29, 1.82) is 0 Å². The molecule has 3 heterocycles. The lowest BCUT2D eigenvalue weighted by molar-refractivity contribution is -0.138. The van der Waals surface area contributed by atoms with Crippen LogP contribution in [0.2, 0.25) is 0 Å². The lowest BCUT2D eigenvalue weighted by Crippen LogP contribution is -2.46. The summed E-state index contributed by atoms with van der Waals surface area (Å²) in [7, 11) is 1.57. The van der Waals surface area contributed by atoms with E-state index in [1.165, 1.54) is 5.56 Å². The first kappa shape index (κ1) is 23.2. The predicted octanol–water partition coefficient (Wildman–Crippen LogP) is 3.73. The SMILES string of the molecule is CO/N=C(\c1ccccn1)C1CCN(C(=O)C2CCN([C@H](C)c3cccc(N)c3)CC2)CC1. The van der Waals surface area contributed by atoms with Crippen LogP contribution in [0.1, 0.15) is 49.9 Å². The Kier molecular flexibility index (Phi) is 7.60. The van der Waals surface area contributed by atoms with Crippen LogP contribution in [0, 0.1) is 11.8 Å². The third-order valence-electron chi connectivity index (χ3n) is 7.13. The molecule has 1 amide bonds. The summed E-state index contributed by atoms with van der Waals surface area (Å²) in [6.45, 7) is 5.63. The predicted molar refractivity (Wildman–Crippen MR) is 131 cm³/mol. The second-order valence-corrected chi connectivity index (χ2v) is 9.13. The summed E-state index contributed by atoms with van der Waals surface area (Å²) < 4.78 is 0. The molecule has 0 radical (unpaired) electrons. The normalized spacial score (nSPS) is 19.9. The first-order chi connectivity index (χ1) is 16.1. The van der Waals surface area contributed by atoms with Gasteiger partial charge in [0, 0.05) is 42.9 Å². The van der Waals surface area contributed by atoms with Gasteiger partial charge in [0.25, 0.3) is 0 Å². The van der Waals surface area contributed by atoms with Gasteiger partial charge in [-0.2, -0.15) is 0 Å². The number of hydrogen-bond donors (Lipinski definition) is 1. The van der Waals surface area contributed by atoms with Crippen molar-refractivity contribution in [1.82, 2.24) is 14.8 Å². The van der Waals surface area contributed by atoms with Crippen molar-refractivity contribution in [3.8, 4) is 0 Å².